The van der Waals surface area contributed by atoms with Crippen LogP contribution in [-0.2, 0) is 16.7 Å². The first-order valence-corrected chi connectivity index (χ1v) is 6.86. The SMILES string of the molecule is O=S(=O)(O)c1ncccc1NCc1ccccc1O. The molecule has 0 aliphatic carbocycles. The number of rotatable bonds is 4. The Kier molecular flexibility index (Phi) is 3.68. The molecule has 1 heterocycles. The molecule has 2 aromatic rings. The molecule has 0 aliphatic heterocycles. The van der Waals surface area contributed by atoms with E-state index in [9.17, 15) is 13.5 Å². The number of nitrogens with one attached hydrogen (secondary N) is 1. The van der Waals surface area contributed by atoms with Crippen LogP contribution in [0.3, 0.4) is 0 Å². The van der Waals surface area contributed by atoms with Gasteiger partial charge in [0, 0.05) is 18.3 Å². The summed E-state index contributed by atoms with van der Waals surface area (Å²) >= 11 is 0. The molecule has 0 atom stereocenters. The van der Waals surface area contributed by atoms with Crippen molar-refractivity contribution < 1.29 is 18.1 Å². The highest BCUT2D eigenvalue weighted by molar-refractivity contribution is 7.85. The minimum atomic E-state index is -4.38. The summed E-state index contributed by atoms with van der Waals surface area (Å²) < 4.78 is 31.3. The van der Waals surface area contributed by atoms with Gasteiger partial charge >= 0.3 is 10.1 Å². The predicted octanol–water partition coefficient (Wildman–Crippen LogP) is 1.65. The normalized spacial score (nSPS) is 11.2. The van der Waals surface area contributed by atoms with E-state index in [0.717, 1.165) is 0 Å². The number of nitrogens with zero attached hydrogens (tertiary/aromatic N) is 1. The number of benzene rings is 1. The van der Waals surface area contributed by atoms with E-state index < -0.39 is 15.1 Å². The van der Waals surface area contributed by atoms with Gasteiger partial charge in [-0.25, -0.2) is 4.98 Å². The third-order valence-electron chi connectivity index (χ3n) is 2.48. The molecule has 1 aromatic heterocycles. The number of hydrogen-bond acceptors (Lipinski definition) is 5. The Balaban J connectivity index is 2.24. The minimum absolute atomic E-state index is 0.104. The van der Waals surface area contributed by atoms with Crippen molar-refractivity contribution in [2.45, 2.75) is 11.6 Å². The number of aromatic hydroxyl groups is 1. The zero-order valence-electron chi connectivity index (χ0n) is 9.81. The van der Waals surface area contributed by atoms with E-state index in [1.54, 1.807) is 24.3 Å². The Morgan fingerprint density at radius 1 is 1.16 bits per heavy atom. The molecule has 0 radical (unpaired) electrons. The van der Waals surface area contributed by atoms with Crippen LogP contribution in [0.4, 0.5) is 5.69 Å². The van der Waals surface area contributed by atoms with E-state index in [-0.39, 0.29) is 18.0 Å². The fraction of sp³-hybridized carbons (Fsp3) is 0.0833. The van der Waals surface area contributed by atoms with Gasteiger partial charge < -0.3 is 10.4 Å². The standard InChI is InChI=1S/C12H12N2O4S/c15-11-6-2-1-4-9(11)8-14-10-5-3-7-13-12(10)19(16,17)18/h1-7,14-15H,8H2,(H,16,17,18). The van der Waals surface area contributed by atoms with Gasteiger partial charge in [0.15, 0.2) is 0 Å². The van der Waals surface area contributed by atoms with Gasteiger partial charge in [-0.15, -0.1) is 0 Å². The summed E-state index contributed by atoms with van der Waals surface area (Å²) in [6.45, 7) is 0.209. The third-order valence-corrected chi connectivity index (χ3v) is 3.29. The molecule has 0 fully saturated rings. The highest BCUT2D eigenvalue weighted by Crippen LogP contribution is 2.21. The van der Waals surface area contributed by atoms with Crippen LogP contribution in [0.15, 0.2) is 47.6 Å². The summed E-state index contributed by atoms with van der Waals surface area (Å²) in [6.07, 6.45) is 1.27. The summed E-state index contributed by atoms with van der Waals surface area (Å²) in [5, 5.41) is 12.0. The summed E-state index contributed by atoms with van der Waals surface area (Å²) in [6, 6.07) is 9.70. The fourth-order valence-corrected chi connectivity index (χ4v) is 2.19. The van der Waals surface area contributed by atoms with E-state index in [1.807, 2.05) is 0 Å². The topological polar surface area (TPSA) is 99.5 Å². The van der Waals surface area contributed by atoms with Crippen molar-refractivity contribution in [2.75, 3.05) is 5.32 Å². The maximum Gasteiger partial charge on any atom is 0.314 e. The quantitative estimate of drug-likeness (QED) is 0.736. The Labute approximate surface area is 110 Å². The molecule has 2 rings (SSSR count). The maximum atomic E-state index is 11.1. The molecule has 19 heavy (non-hydrogen) atoms. The van der Waals surface area contributed by atoms with Crippen molar-refractivity contribution in [1.82, 2.24) is 4.98 Å². The van der Waals surface area contributed by atoms with Gasteiger partial charge in [0.05, 0.1) is 5.69 Å². The van der Waals surface area contributed by atoms with E-state index in [2.05, 4.69) is 10.3 Å². The van der Waals surface area contributed by atoms with Gasteiger partial charge in [-0.05, 0) is 18.2 Å². The number of pyridine rings is 1. The van der Waals surface area contributed by atoms with E-state index in [1.165, 1.54) is 18.3 Å². The van der Waals surface area contributed by atoms with Crippen LogP contribution in [-0.4, -0.2) is 23.1 Å². The zero-order chi connectivity index (χ0) is 13.9. The number of anilines is 1. The molecule has 0 saturated heterocycles. The molecular weight excluding hydrogens is 268 g/mol. The van der Waals surface area contributed by atoms with Crippen LogP contribution in [0.25, 0.3) is 0 Å². The van der Waals surface area contributed by atoms with Crippen molar-refractivity contribution in [3.05, 3.63) is 48.2 Å². The predicted molar refractivity (Wildman–Crippen MR) is 69.5 cm³/mol. The molecule has 7 heteroatoms. The molecule has 0 bridgehead atoms. The summed E-state index contributed by atoms with van der Waals surface area (Å²) in [7, 11) is -4.38. The lowest BCUT2D eigenvalue weighted by atomic mass is 10.2. The molecule has 1 aromatic carbocycles. The summed E-state index contributed by atoms with van der Waals surface area (Å²) in [5.41, 5.74) is 0.779. The molecule has 0 amide bonds. The largest absolute Gasteiger partial charge is 0.508 e. The molecule has 0 unspecified atom stereocenters. The second-order valence-electron chi connectivity index (χ2n) is 3.81. The summed E-state index contributed by atoms with van der Waals surface area (Å²) in [5.74, 6) is 0.104. The van der Waals surface area contributed by atoms with E-state index in [4.69, 9.17) is 4.55 Å². The Bertz CT molecular complexity index is 686. The lowest BCUT2D eigenvalue weighted by Gasteiger charge is -2.10. The minimum Gasteiger partial charge on any atom is -0.508 e. The van der Waals surface area contributed by atoms with Crippen LogP contribution >= 0.6 is 0 Å². The van der Waals surface area contributed by atoms with Gasteiger partial charge in [-0.3, -0.25) is 4.55 Å². The number of phenolic OH excluding ortho intramolecular Hbond substituents is 1. The molecule has 0 spiro atoms. The molecule has 0 saturated carbocycles. The van der Waals surface area contributed by atoms with Crippen molar-refractivity contribution in [1.29, 1.82) is 0 Å². The first kappa shape index (κ1) is 13.3. The monoisotopic (exact) mass is 280 g/mol. The van der Waals surface area contributed by atoms with Crippen LogP contribution in [0.5, 0.6) is 5.75 Å². The van der Waals surface area contributed by atoms with Gasteiger partial charge in [0.1, 0.15) is 5.75 Å². The number of phenols is 1. The molecule has 0 aliphatic rings. The second kappa shape index (κ2) is 5.25. The van der Waals surface area contributed by atoms with E-state index in [0.29, 0.717) is 5.56 Å². The van der Waals surface area contributed by atoms with Crippen molar-refractivity contribution in [2.24, 2.45) is 0 Å². The van der Waals surface area contributed by atoms with Crippen LogP contribution in [0.2, 0.25) is 0 Å². The average Bonchev–Trinajstić information content (AvgIpc) is 2.37. The first-order chi connectivity index (χ1) is 8.98. The van der Waals surface area contributed by atoms with Gasteiger partial charge in [0.25, 0.3) is 0 Å². The lowest BCUT2D eigenvalue weighted by Crippen LogP contribution is -2.08. The van der Waals surface area contributed by atoms with Crippen molar-refractivity contribution in [3.8, 4) is 5.75 Å². The van der Waals surface area contributed by atoms with Gasteiger partial charge in [0.2, 0.25) is 5.03 Å². The van der Waals surface area contributed by atoms with Gasteiger partial charge in [-0.1, -0.05) is 18.2 Å². The van der Waals surface area contributed by atoms with Gasteiger partial charge in [-0.2, -0.15) is 8.42 Å². The number of para-hydroxylation sites is 1. The number of hydrogen-bond donors (Lipinski definition) is 3. The number of aromatic nitrogens is 1. The van der Waals surface area contributed by atoms with Crippen molar-refractivity contribution >= 4 is 15.8 Å². The lowest BCUT2D eigenvalue weighted by molar-refractivity contribution is 0.469. The Morgan fingerprint density at radius 2 is 1.89 bits per heavy atom. The molecule has 3 N–H and O–H groups in total. The zero-order valence-corrected chi connectivity index (χ0v) is 10.6. The van der Waals surface area contributed by atoms with Crippen LogP contribution < -0.4 is 5.32 Å². The smallest absolute Gasteiger partial charge is 0.314 e. The Morgan fingerprint density at radius 3 is 2.58 bits per heavy atom. The molecular formula is C12H12N2O4S. The fourth-order valence-electron chi connectivity index (χ4n) is 1.58. The first-order valence-electron chi connectivity index (χ1n) is 5.42. The molecule has 100 valence electrons. The third kappa shape index (κ3) is 3.21. The molecule has 6 nitrogen and oxygen atoms in total. The van der Waals surface area contributed by atoms with Crippen molar-refractivity contribution in [3.63, 3.8) is 0 Å². The maximum absolute atomic E-state index is 11.1. The average molecular weight is 280 g/mol. The highest BCUT2D eigenvalue weighted by atomic mass is 32.2. The highest BCUT2D eigenvalue weighted by Gasteiger charge is 2.16. The van der Waals surface area contributed by atoms with E-state index >= 15 is 0 Å². The van der Waals surface area contributed by atoms with Crippen LogP contribution in [0.1, 0.15) is 5.56 Å². The summed E-state index contributed by atoms with van der Waals surface area (Å²) in [4.78, 5) is 3.62. The Hall–Kier alpha value is -2.12. The van der Waals surface area contributed by atoms with Crippen LogP contribution in [0, 0.1) is 0 Å². The second-order valence-corrected chi connectivity index (χ2v) is 5.15.